The van der Waals surface area contributed by atoms with Crippen molar-refractivity contribution in [3.63, 3.8) is 0 Å². The molecule has 0 aliphatic heterocycles. The highest BCUT2D eigenvalue weighted by molar-refractivity contribution is 9.10. The van der Waals surface area contributed by atoms with Gasteiger partial charge < -0.3 is 10.1 Å². The van der Waals surface area contributed by atoms with Crippen LogP contribution in [0.4, 0.5) is 5.69 Å². The van der Waals surface area contributed by atoms with Gasteiger partial charge in [0.1, 0.15) is 0 Å². The number of nitrogens with one attached hydrogen (secondary N) is 1. The zero-order valence-electron chi connectivity index (χ0n) is 10.8. The lowest BCUT2D eigenvalue weighted by atomic mass is 10.2. The van der Waals surface area contributed by atoms with Gasteiger partial charge in [-0.3, -0.25) is 9.48 Å². The highest BCUT2D eigenvalue weighted by Gasteiger charge is 2.09. The van der Waals surface area contributed by atoms with Crippen molar-refractivity contribution in [2.24, 2.45) is 0 Å². The Bertz CT molecular complexity index is 595. The molecule has 0 radical (unpaired) electrons. The molecule has 0 spiro atoms. The van der Waals surface area contributed by atoms with Crippen molar-refractivity contribution in [1.29, 1.82) is 0 Å². The van der Waals surface area contributed by atoms with E-state index < -0.39 is 0 Å². The van der Waals surface area contributed by atoms with Gasteiger partial charge in [-0.15, -0.1) is 0 Å². The molecule has 20 heavy (non-hydrogen) atoms. The molecule has 0 unspecified atom stereocenters. The van der Waals surface area contributed by atoms with Gasteiger partial charge in [-0.1, -0.05) is 27.5 Å². The average molecular weight is 359 g/mol. The smallest absolute Gasteiger partial charge is 0.255 e. The summed E-state index contributed by atoms with van der Waals surface area (Å²) in [7, 11) is 1.63. The van der Waals surface area contributed by atoms with E-state index in [9.17, 15) is 4.79 Å². The van der Waals surface area contributed by atoms with Gasteiger partial charge in [-0.25, -0.2) is 0 Å². The van der Waals surface area contributed by atoms with E-state index in [1.54, 1.807) is 42.4 Å². The van der Waals surface area contributed by atoms with E-state index in [1.165, 1.54) is 0 Å². The molecule has 0 saturated heterocycles. The molecule has 2 aromatic rings. The number of benzene rings is 1. The summed E-state index contributed by atoms with van der Waals surface area (Å²) in [6.45, 7) is 1.20. The third-order valence-electron chi connectivity index (χ3n) is 2.54. The minimum Gasteiger partial charge on any atom is -0.383 e. The number of rotatable bonds is 5. The summed E-state index contributed by atoms with van der Waals surface area (Å²) in [6, 6.07) is 5.04. The molecule has 0 aliphatic carbocycles. The Hall–Kier alpha value is -1.37. The molecule has 0 atom stereocenters. The molecule has 0 aliphatic rings. The number of hydrogen-bond donors (Lipinski definition) is 1. The predicted molar refractivity (Wildman–Crippen MR) is 81.2 cm³/mol. The standard InChI is InChI=1S/C13H13BrClN3O2/c1-20-3-2-18-8-12(7-16-18)17-13(19)9-4-10(14)6-11(15)5-9/h4-8H,2-3H2,1H3,(H,17,19). The molecule has 106 valence electrons. The van der Waals surface area contributed by atoms with Crippen LogP contribution in [0.2, 0.25) is 5.02 Å². The van der Waals surface area contributed by atoms with E-state index in [4.69, 9.17) is 16.3 Å². The first-order valence-corrected chi connectivity index (χ1v) is 7.04. The lowest BCUT2D eigenvalue weighted by Crippen LogP contribution is -2.11. The Labute approximate surface area is 130 Å². The molecule has 1 aromatic carbocycles. The Morgan fingerprint density at radius 1 is 1.50 bits per heavy atom. The monoisotopic (exact) mass is 357 g/mol. The Morgan fingerprint density at radius 3 is 3.00 bits per heavy atom. The van der Waals surface area contributed by atoms with E-state index in [1.807, 2.05) is 0 Å². The number of anilines is 1. The van der Waals surface area contributed by atoms with Gasteiger partial charge >= 0.3 is 0 Å². The number of ether oxygens (including phenoxy) is 1. The average Bonchev–Trinajstić information content (AvgIpc) is 2.82. The number of amides is 1. The van der Waals surface area contributed by atoms with Crippen molar-refractivity contribution in [2.75, 3.05) is 19.0 Å². The van der Waals surface area contributed by atoms with E-state index in [0.717, 1.165) is 4.47 Å². The summed E-state index contributed by atoms with van der Waals surface area (Å²) >= 11 is 9.22. The van der Waals surface area contributed by atoms with Crippen LogP contribution in [0.5, 0.6) is 0 Å². The molecule has 1 N–H and O–H groups in total. The fraction of sp³-hybridized carbons (Fsp3) is 0.231. The van der Waals surface area contributed by atoms with Crippen LogP contribution in [-0.2, 0) is 11.3 Å². The maximum atomic E-state index is 12.1. The largest absolute Gasteiger partial charge is 0.383 e. The summed E-state index contributed by atoms with van der Waals surface area (Å²) in [6.07, 6.45) is 3.34. The van der Waals surface area contributed by atoms with Gasteiger partial charge in [-0.05, 0) is 18.2 Å². The highest BCUT2D eigenvalue weighted by atomic mass is 79.9. The third-order valence-corrected chi connectivity index (χ3v) is 3.22. The Balaban J connectivity index is 2.05. The number of aromatic nitrogens is 2. The number of hydrogen-bond acceptors (Lipinski definition) is 3. The molecule has 5 nitrogen and oxygen atoms in total. The van der Waals surface area contributed by atoms with Crippen molar-refractivity contribution < 1.29 is 9.53 Å². The fourth-order valence-corrected chi connectivity index (χ4v) is 2.48. The van der Waals surface area contributed by atoms with Crippen molar-refractivity contribution in [3.05, 3.63) is 45.7 Å². The zero-order valence-corrected chi connectivity index (χ0v) is 13.1. The van der Waals surface area contributed by atoms with E-state index in [-0.39, 0.29) is 5.91 Å². The van der Waals surface area contributed by atoms with Gasteiger partial charge in [-0.2, -0.15) is 5.10 Å². The van der Waals surface area contributed by atoms with Gasteiger partial charge in [0.2, 0.25) is 0 Å². The number of carbonyl (C=O) groups is 1. The molecule has 0 saturated carbocycles. The molecule has 1 heterocycles. The second kappa shape index (κ2) is 6.88. The van der Waals surface area contributed by atoms with Crippen molar-refractivity contribution in [1.82, 2.24) is 9.78 Å². The molecular formula is C13H13BrClN3O2. The van der Waals surface area contributed by atoms with Crippen LogP contribution >= 0.6 is 27.5 Å². The topological polar surface area (TPSA) is 56.1 Å². The van der Waals surface area contributed by atoms with Crippen molar-refractivity contribution in [3.8, 4) is 0 Å². The second-order valence-electron chi connectivity index (χ2n) is 4.10. The first kappa shape index (κ1) is 15.0. The first-order valence-electron chi connectivity index (χ1n) is 5.87. The first-order chi connectivity index (χ1) is 9.58. The van der Waals surface area contributed by atoms with Crippen LogP contribution < -0.4 is 5.32 Å². The van der Waals surface area contributed by atoms with Crippen LogP contribution in [0.15, 0.2) is 35.1 Å². The Morgan fingerprint density at radius 2 is 2.30 bits per heavy atom. The van der Waals surface area contributed by atoms with Crippen LogP contribution in [-0.4, -0.2) is 29.4 Å². The molecule has 1 amide bonds. The molecule has 0 bridgehead atoms. The molecule has 1 aromatic heterocycles. The molecule has 0 fully saturated rings. The third kappa shape index (κ3) is 4.06. The fourth-order valence-electron chi connectivity index (χ4n) is 1.62. The lowest BCUT2D eigenvalue weighted by Gasteiger charge is -2.04. The SMILES string of the molecule is COCCn1cc(NC(=O)c2cc(Cl)cc(Br)c2)cn1. The van der Waals surface area contributed by atoms with Crippen LogP contribution in [0.1, 0.15) is 10.4 Å². The maximum Gasteiger partial charge on any atom is 0.255 e. The van der Waals surface area contributed by atoms with Crippen molar-refractivity contribution in [2.45, 2.75) is 6.54 Å². The number of carbonyl (C=O) groups excluding carboxylic acids is 1. The minimum atomic E-state index is -0.237. The summed E-state index contributed by atoms with van der Waals surface area (Å²) in [5.41, 5.74) is 1.11. The minimum absolute atomic E-state index is 0.237. The summed E-state index contributed by atoms with van der Waals surface area (Å²) in [5, 5.41) is 7.39. The van der Waals surface area contributed by atoms with Crippen LogP contribution in [0.25, 0.3) is 0 Å². The molecule has 2 rings (SSSR count). The zero-order chi connectivity index (χ0) is 14.5. The van der Waals surface area contributed by atoms with E-state index >= 15 is 0 Å². The van der Waals surface area contributed by atoms with Gasteiger partial charge in [0.05, 0.1) is 25.0 Å². The summed E-state index contributed by atoms with van der Waals surface area (Å²) < 4.78 is 7.42. The normalized spacial score (nSPS) is 10.6. The molecule has 7 heteroatoms. The summed E-state index contributed by atoms with van der Waals surface area (Å²) in [5.74, 6) is -0.237. The number of nitrogens with zero attached hydrogens (tertiary/aromatic N) is 2. The lowest BCUT2D eigenvalue weighted by molar-refractivity contribution is 0.102. The number of methoxy groups -OCH3 is 1. The van der Waals surface area contributed by atoms with E-state index in [2.05, 4.69) is 26.3 Å². The van der Waals surface area contributed by atoms with Crippen LogP contribution in [0, 0.1) is 0 Å². The van der Waals surface area contributed by atoms with E-state index in [0.29, 0.717) is 29.4 Å². The van der Waals surface area contributed by atoms with Gasteiger partial charge in [0.25, 0.3) is 5.91 Å². The second-order valence-corrected chi connectivity index (χ2v) is 5.45. The van der Waals surface area contributed by atoms with Gasteiger partial charge in [0.15, 0.2) is 0 Å². The van der Waals surface area contributed by atoms with Crippen LogP contribution in [0.3, 0.4) is 0 Å². The predicted octanol–water partition coefficient (Wildman–Crippen LogP) is 3.20. The number of halogens is 2. The summed E-state index contributed by atoms with van der Waals surface area (Å²) in [4.78, 5) is 12.1. The highest BCUT2D eigenvalue weighted by Crippen LogP contribution is 2.20. The quantitative estimate of drug-likeness (QED) is 0.893. The van der Waals surface area contributed by atoms with Crippen molar-refractivity contribution >= 4 is 39.1 Å². The van der Waals surface area contributed by atoms with Gasteiger partial charge in [0, 0.05) is 28.4 Å². The maximum absolute atomic E-state index is 12.1. The Kier molecular flexibility index (Phi) is 5.17. The molecular weight excluding hydrogens is 346 g/mol.